The van der Waals surface area contributed by atoms with Crippen molar-refractivity contribution in [3.8, 4) is 5.75 Å². The van der Waals surface area contributed by atoms with Crippen molar-refractivity contribution in [3.63, 3.8) is 0 Å². The summed E-state index contributed by atoms with van der Waals surface area (Å²) in [5, 5.41) is 0. The molecule has 2 saturated heterocycles. The van der Waals surface area contributed by atoms with Crippen LogP contribution in [0.2, 0.25) is 0 Å². The third kappa shape index (κ3) is 3.59. The number of rotatable bonds is 4. The van der Waals surface area contributed by atoms with Gasteiger partial charge in [-0.2, -0.15) is 0 Å². The average molecular weight is 304 g/mol. The summed E-state index contributed by atoms with van der Waals surface area (Å²) in [6, 6.07) is 8.10. The number of morpholine rings is 1. The van der Waals surface area contributed by atoms with E-state index in [1.165, 1.54) is 5.56 Å². The molecule has 2 fully saturated rings. The quantitative estimate of drug-likeness (QED) is 0.846. The van der Waals surface area contributed by atoms with Gasteiger partial charge in [-0.1, -0.05) is 12.1 Å². The third-order valence-corrected chi connectivity index (χ3v) is 4.41. The smallest absolute Gasteiger partial charge is 0.253 e. The van der Waals surface area contributed by atoms with Crippen LogP contribution in [0, 0.1) is 0 Å². The highest BCUT2D eigenvalue weighted by atomic mass is 16.5. The Morgan fingerprint density at radius 2 is 1.95 bits per heavy atom. The molecule has 0 saturated carbocycles. The van der Waals surface area contributed by atoms with Gasteiger partial charge in [-0.3, -0.25) is 9.69 Å². The van der Waals surface area contributed by atoms with Gasteiger partial charge in [0.1, 0.15) is 11.9 Å². The molecule has 1 atom stereocenters. The van der Waals surface area contributed by atoms with Crippen LogP contribution in [-0.4, -0.2) is 61.7 Å². The van der Waals surface area contributed by atoms with Gasteiger partial charge in [0, 0.05) is 32.7 Å². The number of carbonyl (C=O) groups excluding carboxylic acids is 1. The van der Waals surface area contributed by atoms with Gasteiger partial charge in [-0.05, 0) is 30.5 Å². The predicted octanol–water partition coefficient (Wildman–Crippen LogP) is 1.52. The number of likely N-dealkylation sites (tertiary alicyclic amines) is 1. The molecule has 0 aromatic heterocycles. The van der Waals surface area contributed by atoms with E-state index in [4.69, 9.17) is 9.47 Å². The van der Waals surface area contributed by atoms with Crippen molar-refractivity contribution in [1.82, 2.24) is 9.80 Å². The maximum atomic E-state index is 12.4. The first kappa shape index (κ1) is 15.3. The van der Waals surface area contributed by atoms with Crippen molar-refractivity contribution in [2.24, 2.45) is 0 Å². The van der Waals surface area contributed by atoms with Gasteiger partial charge in [-0.25, -0.2) is 0 Å². The lowest BCUT2D eigenvalue weighted by Crippen LogP contribution is -2.50. The summed E-state index contributed by atoms with van der Waals surface area (Å²) in [5.74, 6) is 1.03. The largest absolute Gasteiger partial charge is 0.497 e. The summed E-state index contributed by atoms with van der Waals surface area (Å²) >= 11 is 0. The minimum atomic E-state index is -0.301. The fraction of sp³-hybridized carbons (Fsp3) is 0.588. The Morgan fingerprint density at radius 3 is 2.64 bits per heavy atom. The summed E-state index contributed by atoms with van der Waals surface area (Å²) in [6.07, 6.45) is 1.94. The zero-order valence-corrected chi connectivity index (χ0v) is 13.2. The fourth-order valence-electron chi connectivity index (χ4n) is 3.13. The summed E-state index contributed by atoms with van der Waals surface area (Å²) in [7, 11) is 1.67. The van der Waals surface area contributed by atoms with Crippen molar-refractivity contribution in [2.75, 3.05) is 39.9 Å². The van der Waals surface area contributed by atoms with E-state index in [1.54, 1.807) is 7.11 Å². The predicted molar refractivity (Wildman–Crippen MR) is 83.8 cm³/mol. The number of benzene rings is 1. The molecular formula is C17H24N2O3. The average Bonchev–Trinajstić information content (AvgIpc) is 3.09. The van der Waals surface area contributed by atoms with Gasteiger partial charge in [0.2, 0.25) is 0 Å². The molecule has 0 spiro atoms. The molecule has 0 bridgehead atoms. The van der Waals surface area contributed by atoms with E-state index in [2.05, 4.69) is 17.0 Å². The van der Waals surface area contributed by atoms with E-state index in [-0.39, 0.29) is 12.0 Å². The lowest BCUT2D eigenvalue weighted by atomic mass is 10.1. The Bertz CT molecular complexity index is 497. The highest BCUT2D eigenvalue weighted by Crippen LogP contribution is 2.17. The van der Waals surface area contributed by atoms with Gasteiger partial charge < -0.3 is 14.4 Å². The van der Waals surface area contributed by atoms with Gasteiger partial charge in [0.25, 0.3) is 5.91 Å². The summed E-state index contributed by atoms with van der Waals surface area (Å²) in [4.78, 5) is 16.7. The molecule has 0 radical (unpaired) electrons. The van der Waals surface area contributed by atoms with Crippen molar-refractivity contribution < 1.29 is 14.3 Å². The second kappa shape index (κ2) is 7.11. The topological polar surface area (TPSA) is 42.0 Å². The molecule has 22 heavy (non-hydrogen) atoms. The lowest BCUT2D eigenvalue weighted by Gasteiger charge is -2.34. The van der Waals surface area contributed by atoms with E-state index < -0.39 is 0 Å². The number of nitrogens with zero attached hydrogens (tertiary/aromatic N) is 2. The molecule has 5 heteroatoms. The van der Waals surface area contributed by atoms with E-state index in [9.17, 15) is 4.79 Å². The Kier molecular flexibility index (Phi) is 4.95. The van der Waals surface area contributed by atoms with Crippen LogP contribution in [-0.2, 0) is 16.1 Å². The van der Waals surface area contributed by atoms with Gasteiger partial charge >= 0.3 is 0 Å². The number of hydrogen-bond donors (Lipinski definition) is 0. The molecule has 1 aromatic carbocycles. The normalized spacial score (nSPS) is 22.8. The van der Waals surface area contributed by atoms with E-state index in [0.29, 0.717) is 13.2 Å². The molecule has 3 rings (SSSR count). The van der Waals surface area contributed by atoms with Crippen LogP contribution in [0.15, 0.2) is 24.3 Å². The maximum Gasteiger partial charge on any atom is 0.253 e. The molecular weight excluding hydrogens is 280 g/mol. The summed E-state index contributed by atoms with van der Waals surface area (Å²) < 4.78 is 10.9. The highest BCUT2D eigenvalue weighted by molar-refractivity contribution is 5.81. The van der Waals surface area contributed by atoms with Crippen LogP contribution in [0.25, 0.3) is 0 Å². The van der Waals surface area contributed by atoms with Crippen LogP contribution in [0.1, 0.15) is 18.4 Å². The molecule has 1 amide bonds. The first-order chi connectivity index (χ1) is 10.8. The van der Waals surface area contributed by atoms with Crippen molar-refractivity contribution in [2.45, 2.75) is 25.5 Å². The minimum absolute atomic E-state index is 0.164. The molecule has 0 N–H and O–H groups in total. The van der Waals surface area contributed by atoms with Crippen LogP contribution in [0.3, 0.4) is 0 Å². The standard InChI is InChI=1S/C17H24N2O3/c1-21-15-6-4-14(5-7-15)12-18-10-11-22-16(13-18)17(20)19-8-2-3-9-19/h4-7,16H,2-3,8-13H2,1H3. The highest BCUT2D eigenvalue weighted by Gasteiger charge is 2.31. The zero-order valence-electron chi connectivity index (χ0n) is 13.2. The molecule has 2 heterocycles. The first-order valence-electron chi connectivity index (χ1n) is 8.02. The minimum Gasteiger partial charge on any atom is -0.497 e. The number of methoxy groups -OCH3 is 1. The lowest BCUT2D eigenvalue weighted by molar-refractivity contribution is -0.148. The van der Waals surface area contributed by atoms with E-state index in [0.717, 1.165) is 44.8 Å². The van der Waals surface area contributed by atoms with Crippen LogP contribution in [0.5, 0.6) is 5.75 Å². The van der Waals surface area contributed by atoms with Gasteiger partial charge in [0.05, 0.1) is 13.7 Å². The fourth-order valence-corrected chi connectivity index (χ4v) is 3.13. The van der Waals surface area contributed by atoms with Crippen LogP contribution >= 0.6 is 0 Å². The Morgan fingerprint density at radius 1 is 1.23 bits per heavy atom. The molecule has 2 aliphatic heterocycles. The second-order valence-electron chi connectivity index (χ2n) is 5.98. The van der Waals surface area contributed by atoms with Crippen molar-refractivity contribution >= 4 is 5.91 Å². The molecule has 0 aliphatic carbocycles. The van der Waals surface area contributed by atoms with Crippen LogP contribution in [0.4, 0.5) is 0 Å². The summed E-state index contributed by atoms with van der Waals surface area (Å²) in [6.45, 7) is 4.79. The zero-order chi connectivity index (χ0) is 15.4. The van der Waals surface area contributed by atoms with Crippen LogP contribution < -0.4 is 4.74 Å². The SMILES string of the molecule is COc1ccc(CN2CCOC(C(=O)N3CCCC3)C2)cc1. The number of hydrogen-bond acceptors (Lipinski definition) is 4. The van der Waals surface area contributed by atoms with E-state index in [1.807, 2.05) is 17.0 Å². The number of carbonyl (C=O) groups is 1. The van der Waals surface area contributed by atoms with Crippen molar-refractivity contribution in [1.29, 1.82) is 0 Å². The molecule has 5 nitrogen and oxygen atoms in total. The number of ether oxygens (including phenoxy) is 2. The first-order valence-corrected chi connectivity index (χ1v) is 8.02. The van der Waals surface area contributed by atoms with Crippen molar-refractivity contribution in [3.05, 3.63) is 29.8 Å². The third-order valence-electron chi connectivity index (χ3n) is 4.41. The molecule has 2 aliphatic rings. The monoisotopic (exact) mass is 304 g/mol. The molecule has 1 aromatic rings. The van der Waals surface area contributed by atoms with E-state index >= 15 is 0 Å². The van der Waals surface area contributed by atoms with Gasteiger partial charge in [-0.15, -0.1) is 0 Å². The Hall–Kier alpha value is -1.59. The second-order valence-corrected chi connectivity index (χ2v) is 5.98. The maximum absolute atomic E-state index is 12.4. The Labute approximate surface area is 131 Å². The van der Waals surface area contributed by atoms with Gasteiger partial charge in [0.15, 0.2) is 0 Å². The molecule has 120 valence electrons. The summed E-state index contributed by atoms with van der Waals surface area (Å²) in [5.41, 5.74) is 1.23. The molecule has 1 unspecified atom stereocenters. The number of amides is 1. The Balaban J connectivity index is 1.56.